The fourth-order valence-electron chi connectivity index (χ4n) is 2.02. The summed E-state index contributed by atoms with van der Waals surface area (Å²) in [7, 11) is 0. The van der Waals surface area contributed by atoms with E-state index < -0.39 is 13.0 Å². The van der Waals surface area contributed by atoms with Gasteiger partial charge in [0.1, 0.15) is 0 Å². The van der Waals surface area contributed by atoms with Crippen LogP contribution >= 0.6 is 0 Å². The van der Waals surface area contributed by atoms with Gasteiger partial charge in [-0.3, -0.25) is 4.98 Å². The first-order chi connectivity index (χ1) is 10.1. The molecule has 0 aliphatic heterocycles. The molecule has 0 aliphatic carbocycles. The molecule has 0 bridgehead atoms. The van der Waals surface area contributed by atoms with Crippen LogP contribution in [0.4, 0.5) is 12.9 Å². The third-order valence-electron chi connectivity index (χ3n) is 3.17. The second kappa shape index (κ2) is 9.85. The number of pyridine rings is 1. The Morgan fingerprint density at radius 1 is 1.00 bits per heavy atom. The van der Waals surface area contributed by atoms with Gasteiger partial charge in [0.15, 0.2) is 0 Å². The van der Waals surface area contributed by atoms with Crippen LogP contribution in [0, 0.1) is 0 Å². The molecule has 112 valence electrons. The van der Waals surface area contributed by atoms with Crippen LogP contribution in [0.15, 0.2) is 54.9 Å². The van der Waals surface area contributed by atoms with Gasteiger partial charge in [0.25, 0.3) is 0 Å². The Kier molecular flexibility index (Phi) is 8.89. The van der Waals surface area contributed by atoms with E-state index in [4.69, 9.17) is 4.74 Å². The van der Waals surface area contributed by atoms with Crippen LogP contribution in [-0.2, 0) is 17.8 Å². The van der Waals surface area contributed by atoms with Gasteiger partial charge >= 0.3 is 58.4 Å². The van der Waals surface area contributed by atoms with E-state index in [0.717, 1.165) is 5.56 Å². The first kappa shape index (κ1) is 19.9. The number of aromatic nitrogens is 1. The molecule has 1 atom stereocenters. The molecule has 1 unspecified atom stereocenters. The van der Waals surface area contributed by atoms with Crippen LogP contribution in [0.2, 0.25) is 0 Å². The summed E-state index contributed by atoms with van der Waals surface area (Å²) < 4.78 is 44.2. The van der Waals surface area contributed by atoms with Crippen LogP contribution in [0.3, 0.4) is 0 Å². The predicted octanol–water partition coefficient (Wildman–Crippen LogP) is 0.990. The van der Waals surface area contributed by atoms with Gasteiger partial charge in [-0.05, 0) is 30.0 Å². The number of halogens is 3. The molecule has 0 N–H and O–H groups in total. The molecule has 1 aromatic heterocycles. The van der Waals surface area contributed by atoms with Gasteiger partial charge in [-0.15, -0.1) is 0 Å². The molecule has 0 amide bonds. The van der Waals surface area contributed by atoms with Crippen molar-refractivity contribution in [2.45, 2.75) is 25.5 Å². The van der Waals surface area contributed by atoms with Gasteiger partial charge in [0, 0.05) is 18.4 Å². The molecular weight excluding hydrogens is 317 g/mol. The Labute approximate surface area is 171 Å². The van der Waals surface area contributed by atoms with E-state index in [1.165, 1.54) is 6.20 Å². The van der Waals surface area contributed by atoms with Gasteiger partial charge in [-0.25, -0.2) is 0 Å². The summed E-state index contributed by atoms with van der Waals surface area (Å²) in [5.74, 6) is 0. The van der Waals surface area contributed by atoms with E-state index in [0.29, 0.717) is 12.0 Å². The fraction of sp³-hybridized carbons (Fsp3) is 0.267. The minimum Gasteiger partial charge on any atom is -0.447 e. The van der Waals surface area contributed by atoms with Crippen LogP contribution in [0.5, 0.6) is 0 Å². The third-order valence-corrected chi connectivity index (χ3v) is 3.17. The van der Waals surface area contributed by atoms with E-state index in [9.17, 15) is 12.9 Å². The van der Waals surface area contributed by atoms with Gasteiger partial charge in [-0.2, -0.15) is 0 Å². The standard InChI is InChI=1S/C15H16BF3NO.K/c17-16(18,19)15(9-8-13-5-2-1-3-6-13)21-12-14-7-4-10-20-11-14;/h1-7,10-11,15H,8-9,12H2;/q-1;+1. The Morgan fingerprint density at radius 3 is 2.27 bits per heavy atom. The molecule has 2 nitrogen and oxygen atoms in total. The quantitative estimate of drug-likeness (QED) is 0.705. The molecule has 7 heteroatoms. The summed E-state index contributed by atoms with van der Waals surface area (Å²) in [5, 5.41) is 0. The van der Waals surface area contributed by atoms with Crippen LogP contribution in [-0.4, -0.2) is 18.0 Å². The van der Waals surface area contributed by atoms with Crippen molar-refractivity contribution in [3.8, 4) is 0 Å². The first-order valence-corrected chi connectivity index (χ1v) is 6.80. The molecule has 1 aromatic carbocycles. The molecular formula is C15H16BF3KNO. The summed E-state index contributed by atoms with van der Waals surface area (Å²) in [6.45, 7) is -5.10. The molecule has 0 saturated carbocycles. The third kappa shape index (κ3) is 6.93. The number of hydrogen-bond acceptors (Lipinski definition) is 2. The summed E-state index contributed by atoms with van der Waals surface area (Å²) in [6, 6.07) is 10.8. The van der Waals surface area contributed by atoms with E-state index >= 15 is 0 Å². The number of ether oxygens (including phenoxy) is 1. The van der Waals surface area contributed by atoms with Crippen molar-refractivity contribution in [3.63, 3.8) is 0 Å². The smallest absolute Gasteiger partial charge is 0.447 e. The van der Waals surface area contributed by atoms with E-state index in [2.05, 4.69) is 4.98 Å². The van der Waals surface area contributed by atoms with Crippen LogP contribution in [0.1, 0.15) is 17.5 Å². The van der Waals surface area contributed by atoms with Crippen molar-refractivity contribution in [1.29, 1.82) is 0 Å². The number of benzene rings is 1. The van der Waals surface area contributed by atoms with Crippen molar-refractivity contribution in [1.82, 2.24) is 4.98 Å². The molecule has 22 heavy (non-hydrogen) atoms. The maximum absolute atomic E-state index is 13.0. The SMILES string of the molecule is F[B-](F)(F)C(CCc1ccccc1)OCc1cccnc1.[K+]. The first-order valence-electron chi connectivity index (χ1n) is 6.80. The molecule has 0 radical (unpaired) electrons. The van der Waals surface area contributed by atoms with Gasteiger partial charge < -0.3 is 17.7 Å². The number of rotatable bonds is 7. The number of nitrogens with zero attached hydrogens (tertiary/aromatic N) is 1. The van der Waals surface area contributed by atoms with E-state index in [1.54, 1.807) is 18.3 Å². The molecule has 0 spiro atoms. The largest absolute Gasteiger partial charge is 1.00 e. The minimum absolute atomic E-state index is 0. The Morgan fingerprint density at radius 2 is 1.68 bits per heavy atom. The zero-order valence-electron chi connectivity index (χ0n) is 12.5. The number of aryl methyl sites for hydroxylation is 1. The van der Waals surface area contributed by atoms with Crippen molar-refractivity contribution in [2.75, 3.05) is 0 Å². The van der Waals surface area contributed by atoms with Crippen LogP contribution in [0.25, 0.3) is 0 Å². The maximum Gasteiger partial charge on any atom is 1.00 e. The average molecular weight is 333 g/mol. The van der Waals surface area contributed by atoms with Crippen molar-refractivity contribution in [2.24, 2.45) is 0 Å². The molecule has 0 saturated heterocycles. The predicted molar refractivity (Wildman–Crippen MR) is 76.7 cm³/mol. The Bertz CT molecular complexity index is 496. The maximum atomic E-state index is 13.0. The molecule has 1 heterocycles. The molecule has 0 aliphatic rings. The van der Waals surface area contributed by atoms with E-state index in [1.807, 2.05) is 30.3 Å². The molecule has 2 aromatic rings. The summed E-state index contributed by atoms with van der Waals surface area (Å²) in [4.78, 5) is 3.86. The molecule has 2 rings (SSSR count). The van der Waals surface area contributed by atoms with Crippen molar-refractivity contribution in [3.05, 3.63) is 66.0 Å². The summed E-state index contributed by atoms with van der Waals surface area (Å²) in [5.41, 5.74) is 1.52. The topological polar surface area (TPSA) is 22.1 Å². The van der Waals surface area contributed by atoms with Gasteiger partial charge in [0.2, 0.25) is 0 Å². The second-order valence-corrected chi connectivity index (χ2v) is 4.86. The normalized spacial score (nSPS) is 12.5. The van der Waals surface area contributed by atoms with Gasteiger partial charge in [0.05, 0.1) is 6.61 Å². The minimum atomic E-state index is -5.03. The average Bonchev–Trinajstić information content (AvgIpc) is 2.48. The summed E-state index contributed by atoms with van der Waals surface area (Å²) in [6.07, 6.45) is 3.37. The fourth-order valence-corrected chi connectivity index (χ4v) is 2.02. The molecule has 0 fully saturated rings. The zero-order chi connectivity index (χ0) is 15.1. The van der Waals surface area contributed by atoms with Crippen molar-refractivity contribution >= 4 is 6.98 Å². The van der Waals surface area contributed by atoms with Crippen molar-refractivity contribution < 1.29 is 69.1 Å². The number of hydrogen-bond donors (Lipinski definition) is 0. The second-order valence-electron chi connectivity index (χ2n) is 4.86. The Balaban J connectivity index is 0.00000242. The summed E-state index contributed by atoms with van der Waals surface area (Å²) >= 11 is 0. The van der Waals surface area contributed by atoms with E-state index in [-0.39, 0.29) is 64.4 Å². The zero-order valence-corrected chi connectivity index (χ0v) is 15.6. The van der Waals surface area contributed by atoms with Crippen LogP contribution < -0.4 is 51.4 Å². The van der Waals surface area contributed by atoms with Gasteiger partial charge in [-0.1, -0.05) is 36.4 Å². The monoisotopic (exact) mass is 333 g/mol. The Hall–Kier alpha value is -0.179.